The Kier molecular flexibility index (Phi) is 3.82. The summed E-state index contributed by atoms with van der Waals surface area (Å²) in [5.41, 5.74) is 0. The number of likely N-dealkylation sites (tertiary alicyclic amines) is 1. The van der Waals surface area contributed by atoms with Crippen LogP contribution in [-0.2, 0) is 4.79 Å². The molecule has 4 nitrogen and oxygen atoms in total. The minimum Gasteiger partial charge on any atom is -0.392 e. The highest BCUT2D eigenvalue weighted by Gasteiger charge is 2.30. The molecule has 1 amide bonds. The van der Waals surface area contributed by atoms with Crippen molar-refractivity contribution in [1.29, 1.82) is 0 Å². The van der Waals surface area contributed by atoms with Gasteiger partial charge in [0, 0.05) is 19.1 Å². The number of amides is 1. The Morgan fingerprint density at radius 1 is 1.31 bits per heavy atom. The Bertz CT molecular complexity index is 251. The zero-order valence-corrected chi connectivity index (χ0v) is 9.98. The lowest BCUT2D eigenvalue weighted by Gasteiger charge is -2.25. The maximum Gasteiger partial charge on any atom is 0.239 e. The van der Waals surface area contributed by atoms with Crippen LogP contribution in [0.15, 0.2) is 0 Å². The highest BCUT2D eigenvalue weighted by molar-refractivity contribution is 5.81. The number of carbonyl (C=O) groups is 1. The molecular formula is C12H22N2O2. The van der Waals surface area contributed by atoms with Crippen molar-refractivity contribution in [3.05, 3.63) is 0 Å². The second-order valence-corrected chi connectivity index (χ2v) is 5.03. The fourth-order valence-corrected chi connectivity index (χ4v) is 2.74. The zero-order chi connectivity index (χ0) is 11.5. The molecule has 4 heteroatoms. The van der Waals surface area contributed by atoms with E-state index in [2.05, 4.69) is 5.32 Å². The molecule has 1 unspecified atom stereocenters. The first-order valence-corrected chi connectivity index (χ1v) is 6.41. The fourth-order valence-electron chi connectivity index (χ4n) is 2.74. The summed E-state index contributed by atoms with van der Waals surface area (Å²) in [6, 6.07) is -0.0441. The van der Waals surface area contributed by atoms with E-state index in [1.807, 2.05) is 11.8 Å². The van der Waals surface area contributed by atoms with Crippen LogP contribution in [0, 0.1) is 0 Å². The number of carbonyl (C=O) groups excluding carboxylic acids is 1. The Balaban J connectivity index is 1.82. The van der Waals surface area contributed by atoms with Crippen molar-refractivity contribution in [3.63, 3.8) is 0 Å². The van der Waals surface area contributed by atoms with Gasteiger partial charge in [0.1, 0.15) is 0 Å². The number of rotatable bonds is 3. The number of nitrogens with one attached hydrogen (secondary N) is 1. The second-order valence-electron chi connectivity index (χ2n) is 5.03. The Labute approximate surface area is 97.0 Å². The highest BCUT2D eigenvalue weighted by Crippen LogP contribution is 2.19. The molecule has 1 heterocycles. The number of aliphatic hydroxyl groups is 1. The summed E-state index contributed by atoms with van der Waals surface area (Å²) in [6.45, 7) is 3.71. The molecule has 1 saturated carbocycles. The van der Waals surface area contributed by atoms with Crippen molar-refractivity contribution < 1.29 is 9.90 Å². The van der Waals surface area contributed by atoms with Crippen LogP contribution < -0.4 is 5.32 Å². The van der Waals surface area contributed by atoms with Gasteiger partial charge in [-0.3, -0.25) is 4.79 Å². The molecule has 0 aromatic heterocycles. The van der Waals surface area contributed by atoms with Crippen LogP contribution in [0.1, 0.15) is 39.0 Å². The molecular weight excluding hydrogens is 204 g/mol. The molecule has 1 aliphatic heterocycles. The summed E-state index contributed by atoms with van der Waals surface area (Å²) >= 11 is 0. The summed E-state index contributed by atoms with van der Waals surface area (Å²) in [5, 5.41) is 13.0. The lowest BCUT2D eigenvalue weighted by molar-refractivity contribution is -0.132. The average molecular weight is 226 g/mol. The number of hydrogen-bond acceptors (Lipinski definition) is 3. The van der Waals surface area contributed by atoms with Gasteiger partial charge in [0.25, 0.3) is 0 Å². The summed E-state index contributed by atoms with van der Waals surface area (Å²) in [7, 11) is 0. The third-order valence-electron chi connectivity index (χ3n) is 3.73. The van der Waals surface area contributed by atoms with E-state index in [-0.39, 0.29) is 24.1 Å². The number of nitrogens with zero attached hydrogens (tertiary/aromatic N) is 1. The first-order valence-electron chi connectivity index (χ1n) is 6.41. The highest BCUT2D eigenvalue weighted by atomic mass is 16.3. The van der Waals surface area contributed by atoms with Gasteiger partial charge < -0.3 is 15.3 Å². The van der Waals surface area contributed by atoms with Crippen LogP contribution in [-0.4, -0.2) is 47.2 Å². The summed E-state index contributed by atoms with van der Waals surface area (Å²) in [4.78, 5) is 14.0. The first-order chi connectivity index (χ1) is 7.68. The predicted molar refractivity (Wildman–Crippen MR) is 62.1 cm³/mol. The van der Waals surface area contributed by atoms with Crippen LogP contribution in [0.25, 0.3) is 0 Å². The van der Waals surface area contributed by atoms with Gasteiger partial charge >= 0.3 is 0 Å². The molecule has 1 aliphatic carbocycles. The van der Waals surface area contributed by atoms with Crippen LogP contribution in [0.2, 0.25) is 0 Å². The lowest BCUT2D eigenvalue weighted by Crippen LogP contribution is -2.49. The van der Waals surface area contributed by atoms with E-state index < -0.39 is 0 Å². The zero-order valence-electron chi connectivity index (χ0n) is 9.98. The minimum absolute atomic E-state index is 0.113. The average Bonchev–Trinajstić information content (AvgIpc) is 2.89. The van der Waals surface area contributed by atoms with Crippen molar-refractivity contribution in [2.24, 2.45) is 0 Å². The Morgan fingerprint density at radius 2 is 2.00 bits per heavy atom. The monoisotopic (exact) mass is 226 g/mol. The van der Waals surface area contributed by atoms with Gasteiger partial charge in [-0.2, -0.15) is 0 Å². The minimum atomic E-state index is -0.270. The van der Waals surface area contributed by atoms with Gasteiger partial charge in [0.2, 0.25) is 5.91 Å². The predicted octanol–water partition coefficient (Wildman–Crippen LogP) is 0.500. The molecule has 3 atom stereocenters. The largest absolute Gasteiger partial charge is 0.392 e. The number of aliphatic hydroxyl groups excluding tert-OH is 1. The van der Waals surface area contributed by atoms with E-state index in [1.54, 1.807) is 0 Å². The van der Waals surface area contributed by atoms with E-state index in [0.717, 1.165) is 45.2 Å². The molecule has 16 heavy (non-hydrogen) atoms. The van der Waals surface area contributed by atoms with E-state index in [1.165, 1.54) is 0 Å². The van der Waals surface area contributed by atoms with Crippen molar-refractivity contribution in [2.75, 3.05) is 13.1 Å². The molecule has 92 valence electrons. The van der Waals surface area contributed by atoms with E-state index in [0.29, 0.717) is 0 Å². The SMILES string of the molecule is CC(N[C@H]1CCC[C@@H]1O)C(=O)N1CCCC1. The Hall–Kier alpha value is -0.610. The topological polar surface area (TPSA) is 52.6 Å². The van der Waals surface area contributed by atoms with Gasteiger partial charge in [-0.1, -0.05) is 0 Å². The molecule has 2 rings (SSSR count). The Morgan fingerprint density at radius 3 is 2.56 bits per heavy atom. The van der Waals surface area contributed by atoms with Crippen molar-refractivity contribution in [1.82, 2.24) is 10.2 Å². The standard InChI is InChI=1S/C12H22N2O2/c1-9(12(16)14-7-2-3-8-14)13-10-5-4-6-11(10)15/h9-11,13,15H,2-8H2,1H3/t9?,10-,11-/m0/s1. The molecule has 2 aliphatic rings. The summed E-state index contributed by atoms with van der Waals surface area (Å²) in [6.07, 6.45) is 4.90. The molecule has 2 fully saturated rings. The second kappa shape index (κ2) is 5.15. The molecule has 1 saturated heterocycles. The van der Waals surface area contributed by atoms with Crippen LogP contribution >= 0.6 is 0 Å². The number of hydrogen-bond donors (Lipinski definition) is 2. The van der Waals surface area contributed by atoms with Crippen molar-refractivity contribution in [3.8, 4) is 0 Å². The third-order valence-corrected chi connectivity index (χ3v) is 3.73. The molecule has 0 bridgehead atoms. The van der Waals surface area contributed by atoms with Gasteiger partial charge in [0.05, 0.1) is 12.1 Å². The lowest BCUT2D eigenvalue weighted by atomic mass is 10.1. The first kappa shape index (κ1) is 11.9. The third kappa shape index (κ3) is 2.55. The smallest absolute Gasteiger partial charge is 0.239 e. The van der Waals surface area contributed by atoms with Gasteiger partial charge in [0.15, 0.2) is 0 Å². The molecule has 0 aromatic rings. The van der Waals surface area contributed by atoms with E-state index in [9.17, 15) is 9.90 Å². The normalized spacial score (nSPS) is 32.0. The molecule has 0 aromatic carbocycles. The maximum atomic E-state index is 12.0. The van der Waals surface area contributed by atoms with Crippen LogP contribution in [0.3, 0.4) is 0 Å². The van der Waals surface area contributed by atoms with Crippen LogP contribution in [0.5, 0.6) is 0 Å². The van der Waals surface area contributed by atoms with Crippen molar-refractivity contribution in [2.45, 2.75) is 57.2 Å². The quantitative estimate of drug-likeness (QED) is 0.737. The van der Waals surface area contributed by atoms with Crippen molar-refractivity contribution >= 4 is 5.91 Å². The fraction of sp³-hybridized carbons (Fsp3) is 0.917. The summed E-state index contributed by atoms with van der Waals surface area (Å²) in [5.74, 6) is 0.191. The van der Waals surface area contributed by atoms with Gasteiger partial charge in [-0.15, -0.1) is 0 Å². The summed E-state index contributed by atoms with van der Waals surface area (Å²) < 4.78 is 0. The molecule has 0 radical (unpaired) electrons. The maximum absolute atomic E-state index is 12.0. The van der Waals surface area contributed by atoms with E-state index >= 15 is 0 Å². The van der Waals surface area contributed by atoms with Crippen LogP contribution in [0.4, 0.5) is 0 Å². The molecule has 2 N–H and O–H groups in total. The molecule has 0 spiro atoms. The van der Waals surface area contributed by atoms with Gasteiger partial charge in [-0.05, 0) is 39.0 Å². The van der Waals surface area contributed by atoms with E-state index in [4.69, 9.17) is 0 Å². The van der Waals surface area contributed by atoms with Gasteiger partial charge in [-0.25, -0.2) is 0 Å².